The summed E-state index contributed by atoms with van der Waals surface area (Å²) in [5.74, 6) is 0.322. The topological polar surface area (TPSA) is 41.1 Å². The van der Waals surface area contributed by atoms with Gasteiger partial charge in [0.1, 0.15) is 0 Å². The molecule has 1 aromatic rings. The summed E-state index contributed by atoms with van der Waals surface area (Å²) >= 11 is 10.4. The number of anilines is 1. The van der Waals surface area contributed by atoms with Crippen molar-refractivity contribution in [3.63, 3.8) is 0 Å². The van der Waals surface area contributed by atoms with Gasteiger partial charge in [0.25, 0.3) is 0 Å². The second kappa shape index (κ2) is 5.71. The van der Waals surface area contributed by atoms with Gasteiger partial charge in [-0.3, -0.25) is 4.79 Å². The van der Waals surface area contributed by atoms with E-state index < -0.39 is 0 Å². The summed E-state index contributed by atoms with van der Waals surface area (Å²) in [5.41, 5.74) is 1.08. The highest BCUT2D eigenvalue weighted by Crippen LogP contribution is 2.59. The third-order valence-corrected chi connectivity index (χ3v) is 6.07. The number of carbonyl (C=O) groups is 1. The largest absolute Gasteiger partial charge is 0.324 e. The molecule has 0 radical (unpaired) electrons. The van der Waals surface area contributed by atoms with Crippen molar-refractivity contribution in [2.45, 2.75) is 19.3 Å². The maximum atomic E-state index is 12.5. The van der Waals surface area contributed by atoms with Gasteiger partial charge in [-0.15, -0.1) is 0 Å². The Morgan fingerprint density at radius 1 is 1.20 bits per heavy atom. The van der Waals surface area contributed by atoms with E-state index in [1.165, 1.54) is 0 Å². The van der Waals surface area contributed by atoms with Crippen molar-refractivity contribution in [1.29, 1.82) is 0 Å². The first-order valence-corrected chi connectivity index (χ1v) is 9.06. The maximum Gasteiger partial charge on any atom is 0.228 e. The molecule has 0 aromatic heterocycles. The first-order valence-electron chi connectivity index (χ1n) is 6.68. The molecule has 1 aliphatic carbocycles. The fraction of sp³-hybridized carbons (Fsp3) is 0.500. The normalized spacial score (nSPS) is 23.6. The van der Waals surface area contributed by atoms with Crippen molar-refractivity contribution in [3.8, 4) is 0 Å². The second-order valence-corrected chi connectivity index (χ2v) is 8.23. The van der Waals surface area contributed by atoms with E-state index in [0.29, 0.717) is 0 Å². The predicted octanol–water partition coefficient (Wildman–Crippen LogP) is 4.30. The summed E-state index contributed by atoms with van der Waals surface area (Å²) in [4.78, 5) is 12.5. The van der Waals surface area contributed by atoms with Crippen LogP contribution in [0.5, 0.6) is 0 Å². The molecular weight excluding hydrogens is 452 g/mol. The summed E-state index contributed by atoms with van der Waals surface area (Å²) < 4.78 is 2.73. The summed E-state index contributed by atoms with van der Waals surface area (Å²) in [5, 5.41) is 6.43. The van der Waals surface area contributed by atoms with Crippen LogP contribution in [0.1, 0.15) is 19.3 Å². The van der Waals surface area contributed by atoms with Crippen LogP contribution in [-0.4, -0.2) is 19.0 Å². The smallest absolute Gasteiger partial charge is 0.228 e. The minimum atomic E-state index is 0.149. The molecule has 3 nitrogen and oxygen atoms in total. The number of benzene rings is 1. The van der Waals surface area contributed by atoms with Crippen molar-refractivity contribution < 1.29 is 4.79 Å². The predicted molar refractivity (Wildman–Crippen MR) is 90.8 cm³/mol. The third-order valence-electron chi connectivity index (χ3n) is 4.36. The average molecular weight is 467 g/mol. The monoisotopic (exact) mass is 464 g/mol. The third kappa shape index (κ3) is 2.85. The molecule has 1 atom stereocenters. The van der Waals surface area contributed by atoms with Crippen LogP contribution in [0.3, 0.4) is 0 Å². The Morgan fingerprint density at radius 2 is 1.80 bits per heavy atom. The SMILES string of the molecule is O=C(Nc1c(Br)cc(Br)cc1Br)C1CC12CCNCC2. The second-order valence-electron chi connectivity index (χ2n) is 5.60. The van der Waals surface area contributed by atoms with E-state index in [1.54, 1.807) is 0 Å². The molecule has 2 N–H and O–H groups in total. The number of hydrogen-bond donors (Lipinski definition) is 2. The molecule has 1 spiro atoms. The zero-order valence-electron chi connectivity index (χ0n) is 10.8. The van der Waals surface area contributed by atoms with E-state index >= 15 is 0 Å². The van der Waals surface area contributed by atoms with E-state index in [4.69, 9.17) is 0 Å². The number of hydrogen-bond acceptors (Lipinski definition) is 2. The van der Waals surface area contributed by atoms with Gasteiger partial charge in [-0.05, 0) is 81.8 Å². The van der Waals surface area contributed by atoms with Crippen LogP contribution in [0.25, 0.3) is 0 Å². The van der Waals surface area contributed by atoms with E-state index in [0.717, 1.165) is 51.5 Å². The Bertz CT molecular complexity index is 532. The van der Waals surface area contributed by atoms with Gasteiger partial charge in [0, 0.05) is 19.3 Å². The highest BCUT2D eigenvalue weighted by molar-refractivity contribution is 9.11. The van der Waals surface area contributed by atoms with Crippen molar-refractivity contribution in [2.24, 2.45) is 11.3 Å². The number of halogens is 3. The lowest BCUT2D eigenvalue weighted by molar-refractivity contribution is -0.118. The summed E-state index contributed by atoms with van der Waals surface area (Å²) in [7, 11) is 0. The Hall–Kier alpha value is 0.0900. The number of amides is 1. The summed E-state index contributed by atoms with van der Waals surface area (Å²) in [6, 6.07) is 3.88. The Balaban J connectivity index is 1.72. The Kier molecular flexibility index (Phi) is 4.28. The lowest BCUT2D eigenvalue weighted by atomic mass is 9.92. The van der Waals surface area contributed by atoms with Crippen LogP contribution < -0.4 is 10.6 Å². The van der Waals surface area contributed by atoms with Crippen molar-refractivity contribution in [1.82, 2.24) is 5.32 Å². The Morgan fingerprint density at radius 3 is 2.40 bits per heavy atom. The zero-order valence-corrected chi connectivity index (χ0v) is 15.6. The number of piperidine rings is 1. The van der Waals surface area contributed by atoms with E-state index in [2.05, 4.69) is 58.4 Å². The lowest BCUT2D eigenvalue weighted by Gasteiger charge is -2.23. The molecule has 1 heterocycles. The van der Waals surface area contributed by atoms with E-state index in [1.807, 2.05) is 12.1 Å². The highest BCUT2D eigenvalue weighted by Gasteiger charge is 2.57. The first-order chi connectivity index (χ1) is 9.52. The minimum Gasteiger partial charge on any atom is -0.324 e. The molecule has 1 aromatic carbocycles. The van der Waals surface area contributed by atoms with Crippen LogP contribution in [-0.2, 0) is 4.79 Å². The van der Waals surface area contributed by atoms with Gasteiger partial charge in [-0.2, -0.15) is 0 Å². The quantitative estimate of drug-likeness (QED) is 0.682. The van der Waals surface area contributed by atoms with E-state index in [9.17, 15) is 4.79 Å². The minimum absolute atomic E-state index is 0.149. The molecule has 108 valence electrons. The van der Waals surface area contributed by atoms with Gasteiger partial charge in [0.05, 0.1) is 5.69 Å². The number of rotatable bonds is 2. The van der Waals surface area contributed by atoms with Crippen molar-refractivity contribution in [2.75, 3.05) is 18.4 Å². The molecule has 20 heavy (non-hydrogen) atoms. The molecule has 6 heteroatoms. The van der Waals surface area contributed by atoms with Gasteiger partial charge in [-0.1, -0.05) is 15.9 Å². The van der Waals surface area contributed by atoms with Crippen molar-refractivity contribution >= 4 is 59.4 Å². The summed E-state index contributed by atoms with van der Waals surface area (Å²) in [6.07, 6.45) is 3.27. The fourth-order valence-electron chi connectivity index (χ4n) is 3.07. The summed E-state index contributed by atoms with van der Waals surface area (Å²) in [6.45, 7) is 2.07. The maximum absolute atomic E-state index is 12.5. The molecule has 2 aliphatic rings. The number of nitrogens with one attached hydrogen (secondary N) is 2. The van der Waals surface area contributed by atoms with Gasteiger partial charge in [-0.25, -0.2) is 0 Å². The van der Waals surface area contributed by atoms with Gasteiger partial charge < -0.3 is 10.6 Å². The number of carbonyl (C=O) groups excluding carboxylic acids is 1. The molecule has 3 rings (SSSR count). The van der Waals surface area contributed by atoms with Gasteiger partial charge in [0.2, 0.25) is 5.91 Å². The Labute approximate surface area is 143 Å². The first kappa shape index (κ1) is 15.0. The van der Waals surface area contributed by atoms with Crippen LogP contribution in [0.2, 0.25) is 0 Å². The molecule has 1 amide bonds. The van der Waals surface area contributed by atoms with E-state index in [-0.39, 0.29) is 17.2 Å². The van der Waals surface area contributed by atoms with Crippen LogP contribution in [0.15, 0.2) is 25.6 Å². The highest BCUT2D eigenvalue weighted by atomic mass is 79.9. The average Bonchev–Trinajstić information content (AvgIpc) is 3.08. The molecular formula is C14H15Br3N2O. The lowest BCUT2D eigenvalue weighted by Crippen LogP contribution is -2.31. The molecule has 1 saturated heterocycles. The van der Waals surface area contributed by atoms with Gasteiger partial charge in [0.15, 0.2) is 0 Å². The molecule has 1 saturated carbocycles. The van der Waals surface area contributed by atoms with Crippen LogP contribution >= 0.6 is 47.8 Å². The van der Waals surface area contributed by atoms with Crippen LogP contribution in [0, 0.1) is 11.3 Å². The molecule has 1 aliphatic heterocycles. The zero-order chi connectivity index (χ0) is 14.3. The molecule has 0 bridgehead atoms. The van der Waals surface area contributed by atoms with Gasteiger partial charge >= 0.3 is 0 Å². The fourth-order valence-corrected chi connectivity index (χ4v) is 5.52. The standard InChI is InChI=1S/C14H15Br3N2O/c15-8-5-10(16)12(11(17)6-8)19-13(20)9-7-14(9)1-3-18-4-2-14/h5-6,9,18H,1-4,7H2,(H,19,20). The molecule has 2 fully saturated rings. The van der Waals surface area contributed by atoms with Crippen LogP contribution in [0.4, 0.5) is 5.69 Å². The molecule has 1 unspecified atom stereocenters. The van der Waals surface area contributed by atoms with Crippen molar-refractivity contribution in [3.05, 3.63) is 25.6 Å².